The van der Waals surface area contributed by atoms with E-state index in [-0.39, 0.29) is 17.4 Å². The summed E-state index contributed by atoms with van der Waals surface area (Å²) in [6, 6.07) is 4.09. The molecule has 2 heterocycles. The molecule has 1 aliphatic heterocycles. The number of hydrogen-bond donors (Lipinski definition) is 1. The minimum atomic E-state index is -3.05. The van der Waals surface area contributed by atoms with Gasteiger partial charge in [0.15, 0.2) is 15.0 Å². The minimum Gasteiger partial charge on any atom is -0.302 e. The highest BCUT2D eigenvalue weighted by Gasteiger charge is 2.33. The highest BCUT2D eigenvalue weighted by molar-refractivity contribution is 7.91. The van der Waals surface area contributed by atoms with E-state index in [2.05, 4.69) is 16.4 Å². The summed E-state index contributed by atoms with van der Waals surface area (Å²) in [6.07, 6.45) is 0.400. The van der Waals surface area contributed by atoms with Gasteiger partial charge < -0.3 is 5.32 Å². The van der Waals surface area contributed by atoms with Crippen LogP contribution in [0.1, 0.15) is 17.5 Å². The molecule has 1 aromatic heterocycles. The Labute approximate surface area is 127 Å². The fraction of sp³-hybridized carbons (Fsp3) is 0.429. The number of nitrogens with one attached hydrogen (secondary N) is 1. The molecule has 1 aliphatic rings. The van der Waals surface area contributed by atoms with E-state index >= 15 is 0 Å². The molecule has 2 aromatic rings. The maximum atomic E-state index is 12.1. The van der Waals surface area contributed by atoms with Crippen LogP contribution in [0.2, 0.25) is 0 Å². The molecular formula is C14H16N2O3S2. The number of nitrogens with zero attached hydrogens (tertiary/aromatic N) is 1. The Morgan fingerprint density at radius 3 is 2.81 bits per heavy atom. The molecule has 5 nitrogen and oxygen atoms in total. The molecule has 1 amide bonds. The summed E-state index contributed by atoms with van der Waals surface area (Å²) in [5.41, 5.74) is 3.12. The van der Waals surface area contributed by atoms with E-state index in [1.807, 2.05) is 19.9 Å². The van der Waals surface area contributed by atoms with E-state index in [1.165, 1.54) is 11.3 Å². The van der Waals surface area contributed by atoms with Crippen LogP contribution in [0.25, 0.3) is 10.2 Å². The molecule has 0 saturated carbocycles. The van der Waals surface area contributed by atoms with Crippen LogP contribution in [0.5, 0.6) is 0 Å². The molecule has 3 rings (SSSR count). The Hall–Kier alpha value is -1.47. The van der Waals surface area contributed by atoms with Crippen molar-refractivity contribution in [3.8, 4) is 0 Å². The second-order valence-corrected chi connectivity index (χ2v) is 8.80. The molecular weight excluding hydrogens is 308 g/mol. The van der Waals surface area contributed by atoms with Crippen LogP contribution in [0.4, 0.5) is 5.13 Å². The monoisotopic (exact) mass is 324 g/mol. The number of hydrogen-bond acceptors (Lipinski definition) is 5. The molecule has 1 fully saturated rings. The SMILES string of the molecule is Cc1cc(C)c2nc(NC(=O)C3CCS(=O)(=O)C3)sc2c1. The predicted octanol–water partition coefficient (Wildman–Crippen LogP) is 2.29. The highest BCUT2D eigenvalue weighted by Crippen LogP contribution is 2.30. The lowest BCUT2D eigenvalue weighted by molar-refractivity contribution is -0.119. The Morgan fingerprint density at radius 1 is 1.38 bits per heavy atom. The fourth-order valence-corrected chi connectivity index (χ4v) is 5.42. The van der Waals surface area contributed by atoms with Crippen molar-refractivity contribution in [1.82, 2.24) is 4.98 Å². The van der Waals surface area contributed by atoms with Crippen molar-refractivity contribution in [2.24, 2.45) is 5.92 Å². The first-order valence-electron chi connectivity index (χ1n) is 6.73. The summed E-state index contributed by atoms with van der Waals surface area (Å²) in [5.74, 6) is -0.653. The largest absolute Gasteiger partial charge is 0.302 e. The first-order chi connectivity index (χ1) is 9.84. The Balaban J connectivity index is 1.82. The summed E-state index contributed by atoms with van der Waals surface area (Å²) in [4.78, 5) is 16.6. The number of rotatable bonds is 2. The van der Waals surface area contributed by atoms with Crippen LogP contribution in [0.3, 0.4) is 0 Å². The number of thiazole rings is 1. The van der Waals surface area contributed by atoms with Gasteiger partial charge in [0.2, 0.25) is 5.91 Å². The number of carbonyl (C=O) groups excluding carboxylic acids is 1. The van der Waals surface area contributed by atoms with Crippen LogP contribution in [0.15, 0.2) is 12.1 Å². The molecule has 21 heavy (non-hydrogen) atoms. The third-order valence-corrected chi connectivity index (χ3v) is 6.35. The number of aryl methyl sites for hydroxylation is 2. The zero-order chi connectivity index (χ0) is 15.2. The van der Waals surface area contributed by atoms with Gasteiger partial charge in [-0.2, -0.15) is 0 Å². The van der Waals surface area contributed by atoms with E-state index in [0.29, 0.717) is 11.6 Å². The quantitative estimate of drug-likeness (QED) is 0.919. The van der Waals surface area contributed by atoms with Crippen molar-refractivity contribution < 1.29 is 13.2 Å². The Morgan fingerprint density at radius 2 is 2.14 bits per heavy atom. The Kier molecular flexibility index (Phi) is 3.49. The Bertz CT molecular complexity index is 824. The molecule has 1 atom stereocenters. The molecule has 0 radical (unpaired) electrons. The average molecular weight is 324 g/mol. The highest BCUT2D eigenvalue weighted by atomic mass is 32.2. The van der Waals surface area contributed by atoms with E-state index in [1.54, 1.807) is 0 Å². The zero-order valence-electron chi connectivity index (χ0n) is 11.8. The van der Waals surface area contributed by atoms with Crippen molar-refractivity contribution >= 4 is 42.4 Å². The molecule has 1 N–H and O–H groups in total. The molecule has 1 aromatic carbocycles. The average Bonchev–Trinajstić information content (AvgIpc) is 2.92. The second-order valence-electron chi connectivity index (χ2n) is 5.54. The van der Waals surface area contributed by atoms with Gasteiger partial charge in [-0.05, 0) is 37.5 Å². The third-order valence-electron chi connectivity index (χ3n) is 3.66. The van der Waals surface area contributed by atoms with Gasteiger partial charge in [0.05, 0.1) is 27.6 Å². The van der Waals surface area contributed by atoms with Gasteiger partial charge in [0, 0.05) is 0 Å². The summed E-state index contributed by atoms with van der Waals surface area (Å²) < 4.78 is 23.9. The molecule has 1 unspecified atom stereocenters. The van der Waals surface area contributed by atoms with Gasteiger partial charge in [-0.1, -0.05) is 17.4 Å². The number of benzene rings is 1. The molecule has 1 saturated heterocycles. The fourth-order valence-electron chi connectivity index (χ4n) is 2.63. The topological polar surface area (TPSA) is 76.1 Å². The lowest BCUT2D eigenvalue weighted by Gasteiger charge is -2.06. The van der Waals surface area contributed by atoms with Crippen LogP contribution >= 0.6 is 11.3 Å². The van der Waals surface area contributed by atoms with Crippen LogP contribution in [0, 0.1) is 19.8 Å². The normalized spacial score (nSPS) is 20.8. The lowest BCUT2D eigenvalue weighted by Crippen LogP contribution is -2.23. The van der Waals surface area contributed by atoms with E-state index in [4.69, 9.17) is 0 Å². The number of carbonyl (C=O) groups is 1. The van der Waals surface area contributed by atoms with Crippen molar-refractivity contribution in [1.29, 1.82) is 0 Å². The standard InChI is InChI=1S/C14H16N2O3S2/c1-8-5-9(2)12-11(6-8)20-14(15-12)16-13(17)10-3-4-21(18,19)7-10/h5-6,10H,3-4,7H2,1-2H3,(H,15,16,17). The maximum Gasteiger partial charge on any atom is 0.230 e. The van der Waals surface area contributed by atoms with Crippen LogP contribution < -0.4 is 5.32 Å². The molecule has 112 valence electrons. The second kappa shape index (κ2) is 5.06. The summed E-state index contributed by atoms with van der Waals surface area (Å²) in [5, 5.41) is 3.30. The van der Waals surface area contributed by atoms with E-state index in [0.717, 1.165) is 21.3 Å². The van der Waals surface area contributed by atoms with E-state index < -0.39 is 15.8 Å². The van der Waals surface area contributed by atoms with Gasteiger partial charge in [-0.25, -0.2) is 13.4 Å². The van der Waals surface area contributed by atoms with Crippen molar-refractivity contribution in [2.75, 3.05) is 16.8 Å². The lowest BCUT2D eigenvalue weighted by atomic mass is 10.1. The molecule has 0 spiro atoms. The van der Waals surface area contributed by atoms with Gasteiger partial charge >= 0.3 is 0 Å². The number of fused-ring (bicyclic) bond motifs is 1. The number of anilines is 1. The number of sulfone groups is 1. The van der Waals surface area contributed by atoms with Gasteiger partial charge in [-0.3, -0.25) is 4.79 Å². The van der Waals surface area contributed by atoms with Crippen LogP contribution in [-0.2, 0) is 14.6 Å². The summed E-state index contributed by atoms with van der Waals surface area (Å²) in [7, 11) is -3.05. The van der Waals surface area contributed by atoms with Gasteiger partial charge in [-0.15, -0.1) is 0 Å². The first-order valence-corrected chi connectivity index (χ1v) is 9.37. The van der Waals surface area contributed by atoms with Gasteiger partial charge in [0.25, 0.3) is 0 Å². The number of amides is 1. The van der Waals surface area contributed by atoms with Crippen molar-refractivity contribution in [3.63, 3.8) is 0 Å². The predicted molar refractivity (Wildman–Crippen MR) is 84.5 cm³/mol. The molecule has 7 heteroatoms. The molecule has 0 bridgehead atoms. The first kappa shape index (κ1) is 14.5. The van der Waals surface area contributed by atoms with Gasteiger partial charge in [0.1, 0.15) is 0 Å². The van der Waals surface area contributed by atoms with Crippen LogP contribution in [-0.4, -0.2) is 30.8 Å². The smallest absolute Gasteiger partial charge is 0.230 e. The van der Waals surface area contributed by atoms with Crippen molar-refractivity contribution in [2.45, 2.75) is 20.3 Å². The van der Waals surface area contributed by atoms with E-state index in [9.17, 15) is 13.2 Å². The van der Waals surface area contributed by atoms with Crippen molar-refractivity contribution in [3.05, 3.63) is 23.3 Å². The zero-order valence-corrected chi connectivity index (χ0v) is 13.5. The molecule has 0 aliphatic carbocycles. The third kappa shape index (κ3) is 2.94. The maximum absolute atomic E-state index is 12.1. The minimum absolute atomic E-state index is 0.0537. The summed E-state index contributed by atoms with van der Waals surface area (Å²) >= 11 is 1.42. The summed E-state index contributed by atoms with van der Waals surface area (Å²) in [6.45, 7) is 4.01. The number of aromatic nitrogens is 1.